The summed E-state index contributed by atoms with van der Waals surface area (Å²) in [7, 11) is 0. The molecule has 33 heavy (non-hydrogen) atoms. The molecule has 0 radical (unpaired) electrons. The number of nitrogens with two attached hydrogens (primary N) is 2. The molecule has 0 bridgehead atoms. The van der Waals surface area contributed by atoms with E-state index in [-0.39, 0.29) is 0 Å². The average Bonchev–Trinajstić information content (AvgIpc) is 2.85. The van der Waals surface area contributed by atoms with E-state index >= 15 is 0 Å². The molecule has 1 fully saturated rings. The van der Waals surface area contributed by atoms with Gasteiger partial charge in [-0.1, -0.05) is 76.8 Å². The van der Waals surface area contributed by atoms with Gasteiger partial charge >= 0.3 is 0 Å². The molecule has 1 aliphatic rings. The Morgan fingerprint density at radius 1 is 1.03 bits per heavy atom. The molecule has 1 aromatic heterocycles. The fraction of sp³-hybridized carbons (Fsp3) is 0.429. The van der Waals surface area contributed by atoms with Crippen LogP contribution in [0.15, 0.2) is 54.7 Å². The van der Waals surface area contributed by atoms with Crippen LogP contribution in [-0.4, -0.2) is 10.9 Å². The predicted molar refractivity (Wildman–Crippen MR) is 135 cm³/mol. The van der Waals surface area contributed by atoms with E-state index in [9.17, 15) is 4.79 Å². The second-order valence-corrected chi connectivity index (χ2v) is 9.50. The second kappa shape index (κ2) is 11.3. The monoisotopic (exact) mass is 447 g/mol. The van der Waals surface area contributed by atoms with Gasteiger partial charge in [0.1, 0.15) is 5.75 Å². The van der Waals surface area contributed by atoms with Crippen molar-refractivity contribution in [3.8, 4) is 11.6 Å². The molecule has 1 heterocycles. The number of primary amides is 1. The third-order valence-electron chi connectivity index (χ3n) is 7.05. The highest BCUT2D eigenvalue weighted by Crippen LogP contribution is 2.40. The smallest absolute Gasteiger partial charge is 0.250 e. The van der Waals surface area contributed by atoms with Crippen LogP contribution < -0.4 is 16.2 Å². The average molecular weight is 448 g/mol. The van der Waals surface area contributed by atoms with E-state index in [4.69, 9.17) is 16.2 Å². The Balaban J connectivity index is 0.000000235. The highest BCUT2D eigenvalue weighted by Gasteiger charge is 2.28. The summed E-state index contributed by atoms with van der Waals surface area (Å²) in [4.78, 5) is 15.1. The van der Waals surface area contributed by atoms with Gasteiger partial charge in [-0.15, -0.1) is 0 Å². The lowest BCUT2D eigenvalue weighted by Crippen LogP contribution is -2.25. The van der Waals surface area contributed by atoms with E-state index in [0.29, 0.717) is 29.2 Å². The maximum Gasteiger partial charge on any atom is 0.250 e. The molecule has 0 aliphatic heterocycles. The zero-order valence-electron chi connectivity index (χ0n) is 20.1. The summed E-state index contributed by atoms with van der Waals surface area (Å²) >= 11 is 0. The normalized spacial score (nSPS) is 14.4. The van der Waals surface area contributed by atoms with Crippen molar-refractivity contribution in [3.05, 3.63) is 65.9 Å². The van der Waals surface area contributed by atoms with Crippen LogP contribution in [0.25, 0.3) is 10.8 Å². The summed E-state index contributed by atoms with van der Waals surface area (Å²) in [6, 6.07) is 14.9. The van der Waals surface area contributed by atoms with Crippen LogP contribution in [-0.2, 0) is 6.54 Å². The van der Waals surface area contributed by atoms with E-state index in [1.165, 1.54) is 44.7 Å². The van der Waals surface area contributed by atoms with E-state index < -0.39 is 5.91 Å². The maximum atomic E-state index is 11.0. The highest BCUT2D eigenvalue weighted by atomic mass is 16.5. The Bertz CT molecular complexity index is 1050. The van der Waals surface area contributed by atoms with Crippen LogP contribution in [0, 0.1) is 11.3 Å². The number of hydrogen-bond donors (Lipinski definition) is 2. The van der Waals surface area contributed by atoms with Crippen molar-refractivity contribution in [2.45, 2.75) is 65.8 Å². The first-order valence-electron chi connectivity index (χ1n) is 12.0. The van der Waals surface area contributed by atoms with E-state index in [1.807, 2.05) is 36.4 Å². The highest BCUT2D eigenvalue weighted by molar-refractivity contribution is 5.92. The van der Waals surface area contributed by atoms with Crippen LogP contribution in [0.2, 0.25) is 0 Å². The van der Waals surface area contributed by atoms with Crippen LogP contribution >= 0.6 is 0 Å². The summed E-state index contributed by atoms with van der Waals surface area (Å²) in [6.45, 7) is 7.66. The number of nitrogens with zero attached hydrogens (tertiary/aromatic N) is 1. The number of pyridine rings is 1. The molecule has 1 saturated carbocycles. The second-order valence-electron chi connectivity index (χ2n) is 9.50. The first-order chi connectivity index (χ1) is 15.9. The third kappa shape index (κ3) is 6.32. The molecule has 4 N–H and O–H groups in total. The number of rotatable bonds is 6. The number of hydrogen-bond acceptors (Lipinski definition) is 4. The van der Waals surface area contributed by atoms with Crippen molar-refractivity contribution in [2.24, 2.45) is 22.8 Å². The van der Waals surface area contributed by atoms with Crippen LogP contribution in [0.4, 0.5) is 0 Å². The Labute approximate surface area is 197 Å². The number of carbonyl (C=O) groups excluding carboxylic acids is 1. The Hall–Kier alpha value is -2.92. The third-order valence-corrected chi connectivity index (χ3v) is 7.05. The molecule has 3 aromatic rings. The zero-order valence-corrected chi connectivity index (χ0v) is 20.1. The molecular weight excluding hydrogens is 410 g/mol. The molecule has 1 amide bonds. The molecule has 0 unspecified atom stereocenters. The van der Waals surface area contributed by atoms with E-state index in [2.05, 4.69) is 25.8 Å². The summed E-state index contributed by atoms with van der Waals surface area (Å²) < 4.78 is 5.82. The molecular formula is C28H37N3O2. The number of ether oxygens (including phenoxy) is 1. The van der Waals surface area contributed by atoms with Crippen LogP contribution in [0.5, 0.6) is 11.6 Å². The summed E-state index contributed by atoms with van der Waals surface area (Å²) in [5, 5.41) is 2.02. The molecule has 5 nitrogen and oxygen atoms in total. The quantitative estimate of drug-likeness (QED) is 0.446. The Morgan fingerprint density at radius 3 is 2.33 bits per heavy atom. The molecule has 0 atom stereocenters. The zero-order chi connectivity index (χ0) is 23.8. The molecule has 5 heteroatoms. The van der Waals surface area contributed by atoms with Gasteiger partial charge in [0.25, 0.3) is 0 Å². The van der Waals surface area contributed by atoms with Crippen molar-refractivity contribution in [1.82, 2.24) is 4.98 Å². The largest absolute Gasteiger partial charge is 0.438 e. The van der Waals surface area contributed by atoms with Crippen molar-refractivity contribution < 1.29 is 9.53 Å². The Kier molecular flexibility index (Phi) is 8.45. The molecule has 0 spiro atoms. The maximum absolute atomic E-state index is 11.0. The number of amides is 1. The fourth-order valence-corrected chi connectivity index (χ4v) is 4.49. The standard InChI is InChI=1S/C17H15N3O2.C11H22/c18-9-11-3-1-5-14-13(11)4-2-6-15(14)22-16-8-7-12(10-20-16)17(19)21;1-4-11(2,3)10-8-6-5-7-9-10/h1-8,10H,9,18H2,(H2,19,21);10H,4-9H2,1-3H3. The first kappa shape index (κ1) is 24.7. The number of fused-ring (bicyclic) bond motifs is 1. The predicted octanol–water partition coefficient (Wildman–Crippen LogP) is 6.59. The van der Waals surface area contributed by atoms with Gasteiger partial charge in [-0.25, -0.2) is 4.98 Å². The minimum absolute atomic E-state index is 0.343. The number of benzene rings is 2. The SMILES string of the molecule is CCC(C)(C)C1CCCCC1.NCc1cccc2c(Oc3ccc(C(N)=O)cn3)cccc12. The summed E-state index contributed by atoms with van der Waals surface area (Å²) in [5.74, 6) is 1.58. The lowest BCUT2D eigenvalue weighted by molar-refractivity contribution is 0.1000. The van der Waals surface area contributed by atoms with Gasteiger partial charge in [0, 0.05) is 24.2 Å². The van der Waals surface area contributed by atoms with Gasteiger partial charge in [0.05, 0.1) is 5.56 Å². The van der Waals surface area contributed by atoms with Gasteiger partial charge in [0.15, 0.2) is 0 Å². The van der Waals surface area contributed by atoms with Crippen LogP contribution in [0.3, 0.4) is 0 Å². The van der Waals surface area contributed by atoms with Gasteiger partial charge in [-0.3, -0.25) is 4.79 Å². The topological polar surface area (TPSA) is 91.2 Å². The van der Waals surface area contributed by atoms with Crippen molar-refractivity contribution in [2.75, 3.05) is 0 Å². The molecule has 0 saturated heterocycles. The van der Waals surface area contributed by atoms with Crippen molar-refractivity contribution >= 4 is 16.7 Å². The Morgan fingerprint density at radius 2 is 1.73 bits per heavy atom. The minimum Gasteiger partial charge on any atom is -0.438 e. The number of carbonyl (C=O) groups is 1. The van der Waals surface area contributed by atoms with Gasteiger partial charge in [-0.05, 0) is 47.3 Å². The van der Waals surface area contributed by atoms with Crippen molar-refractivity contribution in [3.63, 3.8) is 0 Å². The minimum atomic E-state index is -0.517. The molecule has 4 rings (SSSR count). The summed E-state index contributed by atoms with van der Waals surface area (Å²) in [6.07, 6.45) is 10.2. The van der Waals surface area contributed by atoms with Gasteiger partial charge in [-0.2, -0.15) is 0 Å². The first-order valence-corrected chi connectivity index (χ1v) is 12.0. The molecule has 176 valence electrons. The number of aromatic nitrogens is 1. The van der Waals surface area contributed by atoms with Crippen LogP contribution in [0.1, 0.15) is 75.2 Å². The lowest BCUT2D eigenvalue weighted by Gasteiger charge is -2.36. The lowest BCUT2D eigenvalue weighted by atomic mass is 9.70. The molecule has 2 aromatic carbocycles. The van der Waals surface area contributed by atoms with Gasteiger partial charge in [0.2, 0.25) is 11.8 Å². The van der Waals surface area contributed by atoms with E-state index in [0.717, 1.165) is 22.3 Å². The fourth-order valence-electron chi connectivity index (χ4n) is 4.49. The van der Waals surface area contributed by atoms with E-state index in [1.54, 1.807) is 12.1 Å². The summed E-state index contributed by atoms with van der Waals surface area (Å²) in [5.41, 5.74) is 13.0. The van der Waals surface area contributed by atoms with Gasteiger partial charge < -0.3 is 16.2 Å². The molecule has 1 aliphatic carbocycles. The van der Waals surface area contributed by atoms with Crippen molar-refractivity contribution in [1.29, 1.82) is 0 Å².